The summed E-state index contributed by atoms with van der Waals surface area (Å²) in [5.74, 6) is 0.699. The summed E-state index contributed by atoms with van der Waals surface area (Å²) >= 11 is 0. The molecule has 0 radical (unpaired) electrons. The van der Waals surface area contributed by atoms with Crippen molar-refractivity contribution in [1.29, 1.82) is 0 Å². The molecule has 1 fully saturated rings. The van der Waals surface area contributed by atoms with Gasteiger partial charge in [-0.05, 0) is 26.8 Å². The Hall–Kier alpha value is -1.34. The largest absolute Gasteiger partial charge is 0.379 e. The van der Waals surface area contributed by atoms with E-state index in [0.29, 0.717) is 5.96 Å². The minimum atomic E-state index is -0.00169. The van der Waals surface area contributed by atoms with E-state index in [1.54, 1.807) is 19.0 Å². The second kappa shape index (κ2) is 10.4. The zero-order valence-corrected chi connectivity index (χ0v) is 14.4. The average Bonchev–Trinajstić information content (AvgIpc) is 2.49. The lowest BCUT2D eigenvalue weighted by atomic mass is 10.3. The van der Waals surface area contributed by atoms with Gasteiger partial charge in [-0.1, -0.05) is 0 Å². The fourth-order valence-electron chi connectivity index (χ4n) is 2.05. The van der Waals surface area contributed by atoms with Crippen LogP contribution in [0.15, 0.2) is 4.99 Å². The van der Waals surface area contributed by atoms with E-state index < -0.39 is 0 Å². The summed E-state index contributed by atoms with van der Waals surface area (Å²) in [6, 6.07) is 0.278. The van der Waals surface area contributed by atoms with E-state index in [1.807, 2.05) is 0 Å². The maximum atomic E-state index is 11.6. The van der Waals surface area contributed by atoms with Crippen LogP contribution in [0.4, 0.5) is 0 Å². The predicted octanol–water partition coefficient (Wildman–Crippen LogP) is -0.259. The maximum Gasteiger partial charge on any atom is 0.243 e. The lowest BCUT2D eigenvalue weighted by molar-refractivity contribution is -0.127. The van der Waals surface area contributed by atoms with E-state index >= 15 is 0 Å². The van der Waals surface area contributed by atoms with Gasteiger partial charge in [0.2, 0.25) is 5.91 Å². The molecule has 0 bridgehead atoms. The van der Waals surface area contributed by atoms with Crippen LogP contribution in [-0.2, 0) is 9.53 Å². The van der Waals surface area contributed by atoms with Crippen molar-refractivity contribution in [2.24, 2.45) is 4.99 Å². The zero-order chi connectivity index (χ0) is 16.4. The Kier molecular flexibility index (Phi) is 8.84. The molecule has 0 spiro atoms. The Balaban J connectivity index is 2.30. The molecule has 2 N–H and O–H groups in total. The third-order valence-electron chi connectivity index (χ3n) is 3.34. The first-order valence-electron chi connectivity index (χ1n) is 8.04. The molecule has 1 rings (SSSR count). The van der Waals surface area contributed by atoms with E-state index in [1.165, 1.54) is 0 Å². The fraction of sp³-hybridized carbons (Fsp3) is 0.867. The van der Waals surface area contributed by atoms with Crippen LogP contribution >= 0.6 is 0 Å². The highest BCUT2D eigenvalue weighted by Gasteiger charge is 2.10. The fourth-order valence-corrected chi connectivity index (χ4v) is 2.05. The number of nitrogens with zero attached hydrogens (tertiary/aromatic N) is 3. The Morgan fingerprint density at radius 1 is 1.32 bits per heavy atom. The Bertz CT molecular complexity index is 352. The van der Waals surface area contributed by atoms with Gasteiger partial charge in [-0.15, -0.1) is 0 Å². The van der Waals surface area contributed by atoms with Crippen molar-refractivity contribution in [3.63, 3.8) is 0 Å². The molecule has 1 aliphatic heterocycles. The van der Waals surface area contributed by atoms with Crippen molar-refractivity contribution in [3.05, 3.63) is 0 Å². The molecular weight excluding hydrogens is 282 g/mol. The number of nitrogens with one attached hydrogen (secondary N) is 2. The van der Waals surface area contributed by atoms with Gasteiger partial charge >= 0.3 is 0 Å². The highest BCUT2D eigenvalue weighted by Crippen LogP contribution is 1.97. The molecule has 1 amide bonds. The van der Waals surface area contributed by atoms with Crippen molar-refractivity contribution in [2.75, 3.05) is 60.0 Å². The molecule has 128 valence electrons. The van der Waals surface area contributed by atoms with Crippen LogP contribution in [0, 0.1) is 0 Å². The first-order chi connectivity index (χ1) is 10.5. The van der Waals surface area contributed by atoms with Crippen molar-refractivity contribution in [1.82, 2.24) is 20.4 Å². The molecule has 0 aromatic carbocycles. The number of rotatable bonds is 7. The minimum Gasteiger partial charge on any atom is -0.379 e. The van der Waals surface area contributed by atoms with Crippen LogP contribution in [0.2, 0.25) is 0 Å². The van der Waals surface area contributed by atoms with Crippen LogP contribution in [-0.4, -0.2) is 87.7 Å². The van der Waals surface area contributed by atoms with Crippen LogP contribution in [0.3, 0.4) is 0 Å². The topological polar surface area (TPSA) is 69.2 Å². The van der Waals surface area contributed by atoms with Crippen molar-refractivity contribution in [3.8, 4) is 0 Å². The number of morpholine rings is 1. The number of hydrogen-bond acceptors (Lipinski definition) is 4. The molecule has 0 aliphatic carbocycles. The normalized spacial score (nSPS) is 16.7. The lowest BCUT2D eigenvalue weighted by Gasteiger charge is -2.26. The van der Waals surface area contributed by atoms with Crippen LogP contribution in [0.5, 0.6) is 0 Å². The molecule has 7 heteroatoms. The van der Waals surface area contributed by atoms with E-state index in [9.17, 15) is 4.79 Å². The molecule has 1 saturated heterocycles. The van der Waals surface area contributed by atoms with Gasteiger partial charge in [0.25, 0.3) is 0 Å². The van der Waals surface area contributed by atoms with Crippen molar-refractivity contribution >= 4 is 11.9 Å². The third kappa shape index (κ3) is 8.19. The Morgan fingerprint density at radius 2 is 2.00 bits per heavy atom. The van der Waals surface area contributed by atoms with Gasteiger partial charge in [-0.3, -0.25) is 9.69 Å². The first kappa shape index (κ1) is 18.7. The highest BCUT2D eigenvalue weighted by molar-refractivity contribution is 5.84. The van der Waals surface area contributed by atoms with Crippen molar-refractivity contribution in [2.45, 2.75) is 26.3 Å². The smallest absolute Gasteiger partial charge is 0.243 e. The molecular formula is C15H31N5O2. The predicted molar refractivity (Wildman–Crippen MR) is 89.1 cm³/mol. The molecule has 1 heterocycles. The maximum absolute atomic E-state index is 11.6. The van der Waals surface area contributed by atoms with E-state index in [2.05, 4.69) is 34.4 Å². The summed E-state index contributed by atoms with van der Waals surface area (Å²) in [6.45, 7) is 9.87. The number of aliphatic imine (C=N–C) groups is 1. The van der Waals surface area contributed by atoms with Gasteiger partial charge in [-0.2, -0.15) is 0 Å². The molecule has 7 nitrogen and oxygen atoms in total. The van der Waals surface area contributed by atoms with Gasteiger partial charge in [0, 0.05) is 39.8 Å². The second-order valence-electron chi connectivity index (χ2n) is 5.99. The molecule has 0 atom stereocenters. The summed E-state index contributed by atoms with van der Waals surface area (Å²) in [5, 5.41) is 6.54. The molecule has 0 aromatic heterocycles. The molecule has 1 aliphatic rings. The number of carbonyl (C=O) groups is 1. The van der Waals surface area contributed by atoms with Crippen LogP contribution in [0.1, 0.15) is 20.3 Å². The van der Waals surface area contributed by atoms with Gasteiger partial charge in [0.15, 0.2) is 5.96 Å². The summed E-state index contributed by atoms with van der Waals surface area (Å²) in [4.78, 5) is 19.9. The van der Waals surface area contributed by atoms with Crippen LogP contribution in [0.25, 0.3) is 0 Å². The molecule has 22 heavy (non-hydrogen) atoms. The molecule has 0 unspecified atom stereocenters. The summed E-state index contributed by atoms with van der Waals surface area (Å²) < 4.78 is 5.34. The first-order valence-corrected chi connectivity index (χ1v) is 8.04. The number of ether oxygens (including phenoxy) is 1. The SMILES string of the molecule is CC(C)NC(=NCC(=O)N(C)C)NCCCN1CCOCC1. The lowest BCUT2D eigenvalue weighted by Crippen LogP contribution is -2.43. The van der Waals surface area contributed by atoms with E-state index in [4.69, 9.17) is 4.74 Å². The quantitative estimate of drug-likeness (QED) is 0.385. The molecule has 0 aromatic rings. The zero-order valence-electron chi connectivity index (χ0n) is 14.4. The van der Waals surface area contributed by atoms with Gasteiger partial charge in [0.05, 0.1) is 13.2 Å². The van der Waals surface area contributed by atoms with Crippen LogP contribution < -0.4 is 10.6 Å². The average molecular weight is 313 g/mol. The Labute approximate surface area is 134 Å². The number of hydrogen-bond donors (Lipinski definition) is 2. The highest BCUT2D eigenvalue weighted by atomic mass is 16.5. The standard InChI is InChI=1S/C15H31N5O2/c1-13(2)18-15(17-12-14(21)19(3)4)16-6-5-7-20-8-10-22-11-9-20/h13H,5-12H2,1-4H3,(H2,16,17,18). The number of likely N-dealkylation sites (N-methyl/N-ethyl adjacent to an activating group) is 1. The van der Waals surface area contributed by atoms with Gasteiger partial charge in [0.1, 0.15) is 6.54 Å². The third-order valence-corrected chi connectivity index (χ3v) is 3.34. The van der Waals surface area contributed by atoms with Gasteiger partial charge < -0.3 is 20.3 Å². The van der Waals surface area contributed by atoms with Gasteiger partial charge in [-0.25, -0.2) is 4.99 Å². The van der Waals surface area contributed by atoms with E-state index in [-0.39, 0.29) is 18.5 Å². The number of amides is 1. The minimum absolute atomic E-state index is 0.00169. The summed E-state index contributed by atoms with van der Waals surface area (Å²) in [5.41, 5.74) is 0. The monoisotopic (exact) mass is 313 g/mol. The summed E-state index contributed by atoms with van der Waals surface area (Å²) in [6.07, 6.45) is 1.04. The Morgan fingerprint density at radius 3 is 2.59 bits per heavy atom. The number of carbonyl (C=O) groups excluding carboxylic acids is 1. The number of guanidine groups is 1. The second-order valence-corrected chi connectivity index (χ2v) is 5.99. The van der Waals surface area contributed by atoms with E-state index in [0.717, 1.165) is 45.8 Å². The molecule has 0 saturated carbocycles. The summed E-state index contributed by atoms with van der Waals surface area (Å²) in [7, 11) is 3.48. The van der Waals surface area contributed by atoms with Crippen molar-refractivity contribution < 1.29 is 9.53 Å².